The summed E-state index contributed by atoms with van der Waals surface area (Å²) in [6.07, 6.45) is 0.152. The molecule has 2 saturated heterocycles. The van der Waals surface area contributed by atoms with Crippen molar-refractivity contribution in [2.24, 2.45) is 0 Å². The number of methoxy groups -OCH3 is 1. The van der Waals surface area contributed by atoms with Crippen molar-refractivity contribution in [3.8, 4) is 0 Å². The number of nitro benzene ring substituents is 2. The van der Waals surface area contributed by atoms with Gasteiger partial charge in [-0.15, -0.1) is 0 Å². The van der Waals surface area contributed by atoms with Crippen LogP contribution in [0.4, 0.5) is 11.4 Å². The number of sulfonamides is 2. The topological polar surface area (TPSA) is 284 Å². The van der Waals surface area contributed by atoms with E-state index in [-0.39, 0.29) is 75.2 Å². The van der Waals surface area contributed by atoms with Crippen LogP contribution in [-0.4, -0.2) is 161 Å². The first-order chi connectivity index (χ1) is 41.6. The maximum Gasteiger partial charge on any atom is 0.328 e. The van der Waals surface area contributed by atoms with Gasteiger partial charge in [-0.2, -0.15) is 8.61 Å². The Morgan fingerprint density at radius 2 is 0.910 bits per heavy atom. The molecule has 6 aromatic rings. The number of ether oxygens (including phenoxy) is 1. The van der Waals surface area contributed by atoms with Crippen LogP contribution in [-0.2, 0) is 65.7 Å². The van der Waals surface area contributed by atoms with Crippen LogP contribution in [0.5, 0.6) is 0 Å². The van der Waals surface area contributed by atoms with E-state index in [0.717, 1.165) is 59.5 Å². The molecular weight excluding hydrogens is 1220 g/mol. The van der Waals surface area contributed by atoms with E-state index in [1.165, 1.54) is 47.2 Å². The molecule has 1 N–H and O–H groups in total. The fraction of sp³-hybridized carbons (Fsp3) is 0.429. The summed E-state index contributed by atoms with van der Waals surface area (Å²) in [5.41, 5.74) is 0.354. The lowest BCUT2D eigenvalue weighted by Crippen LogP contribution is -2.63. The van der Waals surface area contributed by atoms with Crippen LogP contribution in [0.15, 0.2) is 143 Å². The summed E-state index contributed by atoms with van der Waals surface area (Å²) in [4.78, 5) is 77.7. The van der Waals surface area contributed by atoms with Gasteiger partial charge in [-0.1, -0.05) is 151 Å². The van der Waals surface area contributed by atoms with Crippen molar-refractivity contribution < 1.29 is 64.6 Å². The number of carboxylic acid groups (broad SMARTS) is 1. The number of nitro groups is 2. The molecule has 0 aliphatic carbocycles. The molecule has 478 valence electrons. The third-order valence-electron chi connectivity index (χ3n) is 17.6. The number of carbonyl (C=O) groups is 4. The zero-order valence-corrected chi connectivity index (χ0v) is 55.8. The van der Waals surface area contributed by atoms with Crippen molar-refractivity contribution in [3.05, 3.63) is 165 Å². The summed E-state index contributed by atoms with van der Waals surface area (Å²) in [6, 6.07) is 32.1. The number of piperazine rings is 2. The first-order valence-electron chi connectivity index (χ1n) is 29.3. The van der Waals surface area contributed by atoms with Crippen molar-refractivity contribution >= 4 is 93.4 Å². The normalized spacial score (nSPS) is 17.4. The molecule has 26 heteroatoms. The highest BCUT2D eigenvalue weighted by atomic mass is 32.2. The maximum absolute atomic E-state index is 14.3. The van der Waals surface area contributed by atoms with E-state index in [4.69, 9.17) is 13.6 Å². The Morgan fingerprint density at radius 1 is 0.562 bits per heavy atom. The Bertz CT molecular complexity index is 3860. The first-order valence-corrected chi connectivity index (χ1v) is 38.0. The molecule has 0 spiro atoms. The number of carbonyl (C=O) groups excluding carboxylic acids is 3. The van der Waals surface area contributed by atoms with Gasteiger partial charge in [0.2, 0.25) is 11.8 Å². The number of para-hydroxylation sites is 2. The fourth-order valence-corrected chi connectivity index (χ4v) is 16.1. The maximum atomic E-state index is 14.3. The Hall–Kier alpha value is -7.31. The molecule has 2 amide bonds. The van der Waals surface area contributed by atoms with E-state index in [0.29, 0.717) is 0 Å². The molecule has 2 fully saturated rings. The van der Waals surface area contributed by atoms with Gasteiger partial charge in [-0.3, -0.25) is 29.8 Å². The molecule has 4 atom stereocenters. The standard InChI is InChI=1S/C32H41N3O8SSi.C31H39N3O8SSi/c1-32(2,3)45(5,6)43-20-17-27-30(36)33(18-19-34(27)44(40,41)29-14-10-9-13-26(29)35(38)39)28(31(37)42-4)22-23-15-16-24-11-7-8-12-25(24)21-23;1-31(2,3)44(4,5)42-19-16-26-29(35)32(17-18-33(26)43(40,41)28-13-9-8-12-25(28)34(38)39)27(30(36)37)21-22-14-15-23-10-6-7-11-24(23)20-22/h7-16,21,27-28H,17-20,22H2,1-6H3;6-15,20,26-27H,16-19,21H2,1-5H3,(H,36,37). The SMILES string of the molecule is CC(C)(C)[Si](C)(C)OCCC1C(=O)N(C(Cc2ccc3ccccc3c2)C(=O)O)CCN1S(=O)(=O)c1ccccc1[N+](=O)[O-].COC(=O)C(Cc1ccc2ccccc2c1)N1CCN(S(=O)(=O)c2ccccc2[N+](=O)[O-])C(CCO[Si](C)(C)C(C)(C)C)C1=O. The van der Waals surface area contributed by atoms with Gasteiger partial charge in [-0.05, 0) is 93.9 Å². The molecule has 8 rings (SSSR count). The van der Waals surface area contributed by atoms with Gasteiger partial charge in [0, 0.05) is 64.4 Å². The Balaban J connectivity index is 0.000000254. The quantitative estimate of drug-likeness (QED) is 0.0286. The number of nitrogens with zero attached hydrogens (tertiary/aromatic N) is 6. The molecule has 0 bridgehead atoms. The van der Waals surface area contributed by atoms with E-state index in [2.05, 4.69) is 54.6 Å². The van der Waals surface area contributed by atoms with Crippen LogP contribution in [0.3, 0.4) is 0 Å². The van der Waals surface area contributed by atoms with Gasteiger partial charge in [0.1, 0.15) is 24.2 Å². The fourth-order valence-electron chi connectivity index (χ4n) is 10.5. The summed E-state index contributed by atoms with van der Waals surface area (Å²) in [6.45, 7) is 20.0. The smallest absolute Gasteiger partial charge is 0.328 e. The van der Waals surface area contributed by atoms with Crippen molar-refractivity contribution in [1.29, 1.82) is 0 Å². The first kappa shape index (κ1) is 69.2. The molecule has 89 heavy (non-hydrogen) atoms. The van der Waals surface area contributed by atoms with E-state index in [1.807, 2.05) is 98.0 Å². The van der Waals surface area contributed by atoms with Crippen LogP contribution in [0.25, 0.3) is 21.5 Å². The molecule has 6 aromatic carbocycles. The van der Waals surface area contributed by atoms with E-state index in [1.54, 1.807) is 0 Å². The summed E-state index contributed by atoms with van der Waals surface area (Å²) in [5.74, 6) is -3.09. The van der Waals surface area contributed by atoms with Crippen LogP contribution < -0.4 is 0 Å². The largest absolute Gasteiger partial charge is 0.480 e. The zero-order chi connectivity index (χ0) is 65.6. The highest BCUT2D eigenvalue weighted by molar-refractivity contribution is 7.89. The van der Waals surface area contributed by atoms with E-state index < -0.39 is 116 Å². The second-order valence-electron chi connectivity index (χ2n) is 25.2. The number of benzene rings is 6. The number of amides is 2. The third-order valence-corrected chi connectivity index (χ3v) is 30.6. The van der Waals surface area contributed by atoms with Gasteiger partial charge in [0.05, 0.1) is 17.0 Å². The molecule has 0 aromatic heterocycles. The number of hydrogen-bond acceptors (Lipinski definition) is 15. The Labute approximate surface area is 522 Å². The van der Waals surface area contributed by atoms with Gasteiger partial charge < -0.3 is 28.5 Å². The Kier molecular flexibility index (Phi) is 21.6. The van der Waals surface area contributed by atoms with Crippen molar-refractivity contribution in [2.75, 3.05) is 46.5 Å². The molecule has 2 aliphatic heterocycles. The minimum absolute atomic E-state index is 0.00553. The van der Waals surface area contributed by atoms with Gasteiger partial charge in [0.15, 0.2) is 26.4 Å². The van der Waals surface area contributed by atoms with Crippen molar-refractivity contribution in [1.82, 2.24) is 18.4 Å². The van der Waals surface area contributed by atoms with Crippen LogP contribution in [0.2, 0.25) is 36.3 Å². The Morgan fingerprint density at radius 3 is 1.27 bits per heavy atom. The highest BCUT2D eigenvalue weighted by Gasteiger charge is 2.49. The second kappa shape index (κ2) is 27.8. The second-order valence-corrected chi connectivity index (χ2v) is 38.6. The van der Waals surface area contributed by atoms with Gasteiger partial charge in [-0.25, -0.2) is 26.4 Å². The average molecular weight is 1300 g/mol. The number of rotatable bonds is 22. The van der Waals surface area contributed by atoms with Gasteiger partial charge >= 0.3 is 11.9 Å². The predicted octanol–water partition coefficient (Wildman–Crippen LogP) is 10.2. The molecule has 0 saturated carbocycles. The monoisotopic (exact) mass is 1300 g/mol. The summed E-state index contributed by atoms with van der Waals surface area (Å²) < 4.78 is 75.5. The lowest BCUT2D eigenvalue weighted by molar-refractivity contribution is -0.388. The van der Waals surface area contributed by atoms with Crippen LogP contribution in [0.1, 0.15) is 65.5 Å². The molecule has 2 heterocycles. The van der Waals surface area contributed by atoms with E-state index >= 15 is 0 Å². The minimum atomic E-state index is -4.51. The van der Waals surface area contributed by atoms with Crippen molar-refractivity contribution in [3.63, 3.8) is 0 Å². The molecule has 4 unspecified atom stereocenters. The van der Waals surface area contributed by atoms with Crippen molar-refractivity contribution in [2.45, 2.75) is 137 Å². The number of hydrogen-bond donors (Lipinski definition) is 1. The molecular formula is C63H80N6O16S2Si2. The zero-order valence-electron chi connectivity index (χ0n) is 52.2. The molecule has 22 nitrogen and oxygen atoms in total. The summed E-state index contributed by atoms with van der Waals surface area (Å²) >= 11 is 0. The summed E-state index contributed by atoms with van der Waals surface area (Å²) in [7, 11) is -12.3. The number of carboxylic acids is 1. The molecule has 2 aliphatic rings. The number of fused-ring (bicyclic) bond motifs is 2. The van der Waals surface area contributed by atoms with E-state index in [9.17, 15) is 61.3 Å². The summed E-state index contributed by atoms with van der Waals surface area (Å²) in [5, 5.41) is 37.4. The van der Waals surface area contributed by atoms with Gasteiger partial charge in [0.25, 0.3) is 31.4 Å². The lowest BCUT2D eigenvalue weighted by Gasteiger charge is -2.43. The van der Waals surface area contributed by atoms with Crippen LogP contribution >= 0.6 is 0 Å². The number of aliphatic carboxylic acids is 1. The highest BCUT2D eigenvalue weighted by Crippen LogP contribution is 2.39. The van der Waals surface area contributed by atoms with Crippen LogP contribution in [0, 0.1) is 20.2 Å². The minimum Gasteiger partial charge on any atom is -0.480 e. The molecule has 0 radical (unpaired) electrons. The predicted molar refractivity (Wildman–Crippen MR) is 343 cm³/mol. The lowest BCUT2D eigenvalue weighted by atomic mass is 9.99. The average Bonchev–Trinajstić information content (AvgIpc) is 0.842. The number of esters is 1. The third kappa shape index (κ3) is 15.6.